The summed E-state index contributed by atoms with van der Waals surface area (Å²) in [5.41, 5.74) is 23.6. The highest BCUT2D eigenvalue weighted by Crippen LogP contribution is 2.62. The van der Waals surface area contributed by atoms with E-state index in [-0.39, 0.29) is 0 Å². The van der Waals surface area contributed by atoms with Crippen LogP contribution in [0.5, 0.6) is 0 Å². The van der Waals surface area contributed by atoms with Gasteiger partial charge in [-0.3, -0.25) is 0 Å². The van der Waals surface area contributed by atoms with E-state index in [2.05, 4.69) is 276 Å². The van der Waals surface area contributed by atoms with Crippen LogP contribution in [0.25, 0.3) is 83.1 Å². The molecule has 0 saturated heterocycles. The third kappa shape index (κ3) is 5.79. The van der Waals surface area contributed by atoms with Crippen LogP contribution in [0.2, 0.25) is 0 Å². The Bertz CT molecular complexity index is 3910. The second kappa shape index (κ2) is 15.6. The van der Waals surface area contributed by atoms with E-state index in [0.29, 0.717) is 0 Å². The van der Waals surface area contributed by atoms with Crippen LogP contribution in [0, 0.1) is 0 Å². The minimum Gasteiger partial charge on any atom is -0.309 e. The van der Waals surface area contributed by atoms with Gasteiger partial charge < -0.3 is 9.47 Å². The normalized spacial score (nSPS) is 12.8. The number of nitrogens with zero attached hydrogens (tertiary/aromatic N) is 2. The predicted molar refractivity (Wildman–Crippen MR) is 288 cm³/mol. The molecule has 1 aliphatic carbocycles. The van der Waals surface area contributed by atoms with E-state index in [0.717, 1.165) is 33.8 Å². The number of hydrogen-bond donors (Lipinski definition) is 0. The zero-order chi connectivity index (χ0) is 45.5. The fraction of sp³-hybridized carbons (Fsp3) is 0.0149. The van der Waals surface area contributed by atoms with Crippen molar-refractivity contribution in [3.63, 3.8) is 0 Å². The monoisotopic (exact) mass is 876 g/mol. The Balaban J connectivity index is 1.08. The first-order valence-electron chi connectivity index (χ1n) is 23.9. The fourth-order valence-corrected chi connectivity index (χ4v) is 12.0. The number of fused-ring (bicyclic) bond motifs is 12. The molecule has 69 heavy (non-hydrogen) atoms. The Hall–Kier alpha value is -8.98. The number of para-hydroxylation sites is 4. The molecule has 2 aliphatic rings. The van der Waals surface area contributed by atoms with Crippen molar-refractivity contribution < 1.29 is 0 Å². The standard InChI is InChI=1S/C67H44N2/c1-3-20-45(21-4-1)46-38-40-48(41-39-46)51-25-11-16-35-62(51)68(63-36-17-12-29-55(63)52-26-8-7-24-50(52)47-22-5-2-6-23-47)49-42-43-65-61(44-49)67(58-32-14-9-27-53(58)54-28-10-15-33-59(54)67)60-34-19-31-57-56-30-13-18-37-64(56)69(65)66(57)60/h1-44H. The van der Waals surface area contributed by atoms with Gasteiger partial charge in [0.05, 0.1) is 33.5 Å². The van der Waals surface area contributed by atoms with E-state index in [1.165, 1.54) is 88.7 Å². The first-order valence-corrected chi connectivity index (χ1v) is 23.9. The van der Waals surface area contributed by atoms with Crippen molar-refractivity contribution >= 4 is 38.9 Å². The summed E-state index contributed by atoms with van der Waals surface area (Å²) < 4.78 is 2.55. The molecule has 0 fully saturated rings. The number of anilines is 3. The summed E-state index contributed by atoms with van der Waals surface area (Å²) in [5, 5.41) is 2.54. The molecule has 0 bridgehead atoms. The lowest BCUT2D eigenvalue weighted by Crippen LogP contribution is -2.33. The average Bonchev–Trinajstić information content (AvgIpc) is 3.92. The summed E-state index contributed by atoms with van der Waals surface area (Å²) in [7, 11) is 0. The second-order valence-corrected chi connectivity index (χ2v) is 18.3. The van der Waals surface area contributed by atoms with Gasteiger partial charge in [0.2, 0.25) is 0 Å². The first-order chi connectivity index (χ1) is 34.3. The van der Waals surface area contributed by atoms with E-state index >= 15 is 0 Å². The van der Waals surface area contributed by atoms with Gasteiger partial charge in [0, 0.05) is 27.6 Å². The maximum atomic E-state index is 2.55. The Morgan fingerprint density at radius 1 is 0.290 bits per heavy atom. The molecule has 0 saturated carbocycles. The third-order valence-corrected chi connectivity index (χ3v) is 14.8. The van der Waals surface area contributed by atoms with Gasteiger partial charge in [-0.2, -0.15) is 0 Å². The average molecular weight is 877 g/mol. The molecule has 0 N–H and O–H groups in total. The van der Waals surface area contributed by atoms with Crippen molar-refractivity contribution in [2.75, 3.05) is 4.90 Å². The molecule has 2 heteroatoms. The molecule has 322 valence electrons. The van der Waals surface area contributed by atoms with Crippen molar-refractivity contribution in [3.8, 4) is 61.3 Å². The van der Waals surface area contributed by atoms with Crippen molar-refractivity contribution in [3.05, 3.63) is 289 Å². The zero-order valence-corrected chi connectivity index (χ0v) is 37.8. The molecule has 0 atom stereocenters. The summed E-state index contributed by atoms with van der Waals surface area (Å²) in [6, 6.07) is 98.7. The molecule has 2 heterocycles. The van der Waals surface area contributed by atoms with Crippen LogP contribution in [0.4, 0.5) is 17.1 Å². The highest BCUT2D eigenvalue weighted by Gasteiger charge is 2.51. The van der Waals surface area contributed by atoms with Gasteiger partial charge in [0.25, 0.3) is 0 Å². The summed E-state index contributed by atoms with van der Waals surface area (Å²) in [4.78, 5) is 2.53. The van der Waals surface area contributed by atoms with Crippen molar-refractivity contribution in [1.29, 1.82) is 0 Å². The van der Waals surface area contributed by atoms with E-state index in [9.17, 15) is 0 Å². The second-order valence-electron chi connectivity index (χ2n) is 18.3. The van der Waals surface area contributed by atoms with Gasteiger partial charge in [-0.05, 0) is 103 Å². The van der Waals surface area contributed by atoms with Crippen LogP contribution in [0.15, 0.2) is 267 Å². The fourth-order valence-electron chi connectivity index (χ4n) is 12.0. The quantitative estimate of drug-likeness (QED) is 0.155. The SMILES string of the molecule is c1ccc(-c2ccc(-c3ccccc3N(c3ccc4c(c3)C3(c5ccccc5-c5ccccc53)c3cccc5c6ccccc6n-4c35)c3ccccc3-c3ccccc3-c3ccccc3)cc2)cc1. The Morgan fingerprint density at radius 3 is 1.48 bits per heavy atom. The first kappa shape index (κ1) is 39.2. The minimum absolute atomic E-state index is 0.597. The van der Waals surface area contributed by atoms with Crippen LogP contribution in [0.1, 0.15) is 22.3 Å². The number of hydrogen-bond acceptors (Lipinski definition) is 1. The lowest BCUT2D eigenvalue weighted by atomic mass is 9.65. The molecular formula is C67H44N2. The number of aromatic nitrogens is 1. The smallest absolute Gasteiger partial charge is 0.0755 e. The molecule has 0 amide bonds. The zero-order valence-electron chi connectivity index (χ0n) is 37.8. The lowest BCUT2D eigenvalue weighted by Gasteiger charge is -2.40. The maximum absolute atomic E-state index is 2.55. The van der Waals surface area contributed by atoms with Crippen LogP contribution in [0.3, 0.4) is 0 Å². The minimum atomic E-state index is -0.597. The highest BCUT2D eigenvalue weighted by atomic mass is 15.1. The van der Waals surface area contributed by atoms with Crippen molar-refractivity contribution in [2.45, 2.75) is 5.41 Å². The van der Waals surface area contributed by atoms with E-state index in [1.807, 2.05) is 0 Å². The van der Waals surface area contributed by atoms with Gasteiger partial charge in [-0.25, -0.2) is 0 Å². The Kier molecular flexibility index (Phi) is 8.84. The van der Waals surface area contributed by atoms with E-state index in [1.54, 1.807) is 0 Å². The van der Waals surface area contributed by atoms with Crippen LogP contribution in [-0.2, 0) is 5.41 Å². The van der Waals surface area contributed by atoms with E-state index < -0.39 is 5.41 Å². The molecule has 1 aliphatic heterocycles. The number of rotatable bonds is 7. The van der Waals surface area contributed by atoms with Gasteiger partial charge in [-0.15, -0.1) is 0 Å². The predicted octanol–water partition coefficient (Wildman–Crippen LogP) is 17.6. The van der Waals surface area contributed by atoms with Crippen LogP contribution in [-0.4, -0.2) is 4.57 Å². The largest absolute Gasteiger partial charge is 0.309 e. The molecule has 0 radical (unpaired) electrons. The summed E-state index contributed by atoms with van der Waals surface area (Å²) in [6.45, 7) is 0. The van der Waals surface area contributed by atoms with Crippen molar-refractivity contribution in [2.24, 2.45) is 0 Å². The third-order valence-electron chi connectivity index (χ3n) is 14.8. The molecule has 12 aromatic rings. The van der Waals surface area contributed by atoms with Gasteiger partial charge >= 0.3 is 0 Å². The van der Waals surface area contributed by atoms with Gasteiger partial charge in [0.1, 0.15) is 0 Å². The highest BCUT2D eigenvalue weighted by molar-refractivity contribution is 6.13. The Labute approximate surface area is 402 Å². The van der Waals surface area contributed by atoms with Crippen molar-refractivity contribution in [1.82, 2.24) is 4.57 Å². The summed E-state index contributed by atoms with van der Waals surface area (Å²) in [5.74, 6) is 0. The topological polar surface area (TPSA) is 8.17 Å². The molecular weight excluding hydrogens is 833 g/mol. The summed E-state index contributed by atoms with van der Waals surface area (Å²) >= 11 is 0. The molecule has 14 rings (SSSR count). The van der Waals surface area contributed by atoms with Crippen LogP contribution < -0.4 is 4.90 Å². The molecule has 1 aromatic heterocycles. The lowest BCUT2D eigenvalue weighted by molar-refractivity contribution is 0.748. The van der Waals surface area contributed by atoms with Gasteiger partial charge in [0.15, 0.2) is 0 Å². The maximum Gasteiger partial charge on any atom is 0.0755 e. The number of benzene rings is 11. The molecule has 2 nitrogen and oxygen atoms in total. The van der Waals surface area contributed by atoms with E-state index in [4.69, 9.17) is 0 Å². The molecule has 0 unspecified atom stereocenters. The summed E-state index contributed by atoms with van der Waals surface area (Å²) in [6.07, 6.45) is 0. The molecule has 11 aromatic carbocycles. The van der Waals surface area contributed by atoms with Gasteiger partial charge in [-0.1, -0.05) is 231 Å². The van der Waals surface area contributed by atoms with Crippen LogP contribution >= 0.6 is 0 Å². The Morgan fingerprint density at radius 2 is 0.768 bits per heavy atom. The molecule has 1 spiro atoms.